The highest BCUT2D eigenvalue weighted by Crippen LogP contribution is 2.27. The van der Waals surface area contributed by atoms with E-state index in [0.717, 1.165) is 16.8 Å². The summed E-state index contributed by atoms with van der Waals surface area (Å²) < 4.78 is 0. The molecular formula is C11H16N2S. The molecule has 2 rings (SSSR count). The van der Waals surface area contributed by atoms with E-state index in [4.69, 9.17) is 0 Å². The molecule has 76 valence electrons. The molecule has 1 fully saturated rings. The third kappa shape index (κ3) is 2.41. The summed E-state index contributed by atoms with van der Waals surface area (Å²) in [7, 11) is 0. The van der Waals surface area contributed by atoms with E-state index in [0.29, 0.717) is 6.04 Å². The molecule has 2 heterocycles. The zero-order valence-corrected chi connectivity index (χ0v) is 9.47. The van der Waals surface area contributed by atoms with E-state index in [1.165, 1.54) is 12.2 Å². The Morgan fingerprint density at radius 1 is 1.50 bits per heavy atom. The molecule has 2 atom stereocenters. The molecule has 0 radical (unpaired) electrons. The SMILES string of the molecule is Cc1cccc(NC2CSC(C)C2)n1. The Morgan fingerprint density at radius 2 is 2.36 bits per heavy atom. The van der Waals surface area contributed by atoms with Gasteiger partial charge in [-0.2, -0.15) is 11.8 Å². The topological polar surface area (TPSA) is 24.9 Å². The molecule has 2 nitrogen and oxygen atoms in total. The first kappa shape index (κ1) is 9.84. The molecule has 0 aliphatic carbocycles. The zero-order chi connectivity index (χ0) is 9.97. The molecule has 0 saturated carbocycles. The fourth-order valence-electron chi connectivity index (χ4n) is 1.75. The van der Waals surface area contributed by atoms with E-state index in [1.54, 1.807) is 0 Å². The fourth-order valence-corrected chi connectivity index (χ4v) is 2.90. The predicted molar refractivity (Wildman–Crippen MR) is 62.9 cm³/mol. The minimum atomic E-state index is 0.601. The Hall–Kier alpha value is -0.700. The number of hydrogen-bond donors (Lipinski definition) is 1. The largest absolute Gasteiger partial charge is 0.366 e. The summed E-state index contributed by atoms with van der Waals surface area (Å²) in [4.78, 5) is 4.44. The number of thioether (sulfide) groups is 1. The van der Waals surface area contributed by atoms with Crippen LogP contribution in [0.5, 0.6) is 0 Å². The normalized spacial score (nSPS) is 26.4. The first-order valence-electron chi connectivity index (χ1n) is 5.06. The molecule has 1 aliphatic rings. The second-order valence-corrected chi connectivity index (χ2v) is 5.36. The van der Waals surface area contributed by atoms with Crippen molar-refractivity contribution in [3.05, 3.63) is 23.9 Å². The number of nitrogens with zero attached hydrogens (tertiary/aromatic N) is 1. The Morgan fingerprint density at radius 3 is 3.00 bits per heavy atom. The van der Waals surface area contributed by atoms with Crippen LogP contribution >= 0.6 is 11.8 Å². The number of aromatic nitrogens is 1. The fraction of sp³-hybridized carbons (Fsp3) is 0.545. The Bertz CT molecular complexity index is 314. The summed E-state index contributed by atoms with van der Waals surface area (Å²) in [6, 6.07) is 6.72. The lowest BCUT2D eigenvalue weighted by molar-refractivity contribution is 0.743. The lowest BCUT2D eigenvalue weighted by Gasteiger charge is -2.12. The Balaban J connectivity index is 1.97. The smallest absolute Gasteiger partial charge is 0.126 e. The van der Waals surface area contributed by atoms with Gasteiger partial charge < -0.3 is 5.32 Å². The second kappa shape index (κ2) is 4.22. The van der Waals surface area contributed by atoms with Gasteiger partial charge >= 0.3 is 0 Å². The van der Waals surface area contributed by atoms with Crippen LogP contribution in [0.2, 0.25) is 0 Å². The van der Waals surface area contributed by atoms with E-state index >= 15 is 0 Å². The number of pyridine rings is 1. The molecule has 0 aromatic carbocycles. The van der Waals surface area contributed by atoms with Crippen molar-refractivity contribution < 1.29 is 0 Å². The third-order valence-electron chi connectivity index (χ3n) is 2.44. The Kier molecular flexibility index (Phi) is 2.96. The van der Waals surface area contributed by atoms with Gasteiger partial charge in [0, 0.05) is 22.7 Å². The van der Waals surface area contributed by atoms with Crippen LogP contribution in [-0.2, 0) is 0 Å². The third-order valence-corrected chi connectivity index (χ3v) is 3.80. The van der Waals surface area contributed by atoms with Gasteiger partial charge in [-0.15, -0.1) is 0 Å². The van der Waals surface area contributed by atoms with Gasteiger partial charge in [-0.3, -0.25) is 0 Å². The number of rotatable bonds is 2. The van der Waals surface area contributed by atoms with Crippen molar-refractivity contribution in [3.8, 4) is 0 Å². The number of hydrogen-bond acceptors (Lipinski definition) is 3. The van der Waals surface area contributed by atoms with Crippen molar-refractivity contribution in [1.82, 2.24) is 4.98 Å². The van der Waals surface area contributed by atoms with Crippen molar-refractivity contribution in [3.63, 3.8) is 0 Å². The lowest BCUT2D eigenvalue weighted by Crippen LogP contribution is -2.19. The summed E-state index contributed by atoms with van der Waals surface area (Å²) >= 11 is 2.04. The summed E-state index contributed by atoms with van der Waals surface area (Å²) in [6.45, 7) is 4.31. The molecule has 1 aromatic rings. The summed E-state index contributed by atoms with van der Waals surface area (Å²) in [6.07, 6.45) is 1.25. The molecule has 1 aromatic heterocycles. The van der Waals surface area contributed by atoms with E-state index in [-0.39, 0.29) is 0 Å². The molecule has 1 saturated heterocycles. The average Bonchev–Trinajstić information content (AvgIpc) is 2.51. The maximum Gasteiger partial charge on any atom is 0.126 e. The van der Waals surface area contributed by atoms with Crippen molar-refractivity contribution in [1.29, 1.82) is 0 Å². The highest BCUT2D eigenvalue weighted by atomic mass is 32.2. The van der Waals surface area contributed by atoms with E-state index in [2.05, 4.69) is 23.3 Å². The first-order chi connectivity index (χ1) is 6.74. The first-order valence-corrected chi connectivity index (χ1v) is 6.11. The van der Waals surface area contributed by atoms with E-state index < -0.39 is 0 Å². The summed E-state index contributed by atoms with van der Waals surface area (Å²) in [5, 5.41) is 4.27. The van der Waals surface area contributed by atoms with Gasteiger partial charge in [0.2, 0.25) is 0 Å². The zero-order valence-electron chi connectivity index (χ0n) is 8.66. The number of anilines is 1. The molecule has 2 unspecified atom stereocenters. The minimum Gasteiger partial charge on any atom is -0.366 e. The molecule has 1 N–H and O–H groups in total. The van der Waals surface area contributed by atoms with Crippen LogP contribution in [0.4, 0.5) is 5.82 Å². The van der Waals surface area contributed by atoms with E-state index in [1.807, 2.05) is 30.8 Å². The van der Waals surface area contributed by atoms with Crippen LogP contribution in [0.3, 0.4) is 0 Å². The van der Waals surface area contributed by atoms with Crippen molar-refractivity contribution in [2.45, 2.75) is 31.6 Å². The maximum absolute atomic E-state index is 4.44. The van der Waals surface area contributed by atoms with Crippen LogP contribution in [0.25, 0.3) is 0 Å². The van der Waals surface area contributed by atoms with Crippen LogP contribution in [0, 0.1) is 6.92 Å². The van der Waals surface area contributed by atoms with Crippen molar-refractivity contribution >= 4 is 17.6 Å². The molecular weight excluding hydrogens is 192 g/mol. The molecule has 0 amide bonds. The Labute approximate surface area is 89.5 Å². The van der Waals surface area contributed by atoms with E-state index in [9.17, 15) is 0 Å². The van der Waals surface area contributed by atoms with Gasteiger partial charge in [-0.1, -0.05) is 13.0 Å². The summed E-state index contributed by atoms with van der Waals surface area (Å²) in [5.41, 5.74) is 1.08. The highest BCUT2D eigenvalue weighted by molar-refractivity contribution is 8.00. The van der Waals surface area contributed by atoms with Gasteiger partial charge in [-0.25, -0.2) is 4.98 Å². The van der Waals surface area contributed by atoms with Crippen molar-refractivity contribution in [2.75, 3.05) is 11.1 Å². The van der Waals surface area contributed by atoms with Gasteiger partial charge in [0.25, 0.3) is 0 Å². The molecule has 0 bridgehead atoms. The van der Waals surface area contributed by atoms with Gasteiger partial charge in [0.1, 0.15) is 5.82 Å². The molecule has 3 heteroatoms. The lowest BCUT2D eigenvalue weighted by atomic mass is 10.2. The maximum atomic E-state index is 4.44. The van der Waals surface area contributed by atoms with Gasteiger partial charge in [0.05, 0.1) is 0 Å². The molecule has 0 spiro atoms. The predicted octanol–water partition coefficient (Wildman–Crippen LogP) is 2.70. The van der Waals surface area contributed by atoms with Crippen LogP contribution in [0.1, 0.15) is 19.0 Å². The average molecular weight is 208 g/mol. The van der Waals surface area contributed by atoms with Crippen LogP contribution < -0.4 is 5.32 Å². The molecule has 14 heavy (non-hydrogen) atoms. The summed E-state index contributed by atoms with van der Waals surface area (Å²) in [5.74, 6) is 2.22. The monoisotopic (exact) mass is 208 g/mol. The van der Waals surface area contributed by atoms with Crippen LogP contribution in [-0.4, -0.2) is 22.0 Å². The number of nitrogens with one attached hydrogen (secondary N) is 1. The minimum absolute atomic E-state index is 0.601. The second-order valence-electron chi connectivity index (χ2n) is 3.89. The van der Waals surface area contributed by atoms with Crippen molar-refractivity contribution in [2.24, 2.45) is 0 Å². The van der Waals surface area contributed by atoms with Crippen LogP contribution in [0.15, 0.2) is 18.2 Å². The van der Waals surface area contributed by atoms with Gasteiger partial charge in [-0.05, 0) is 25.5 Å². The standard InChI is InChI=1S/C11H16N2S/c1-8-4-3-5-11(12-8)13-10-6-9(2)14-7-10/h3-5,9-10H,6-7H2,1-2H3,(H,12,13). The highest BCUT2D eigenvalue weighted by Gasteiger charge is 2.21. The quantitative estimate of drug-likeness (QED) is 0.809. The molecule has 1 aliphatic heterocycles. The van der Waals surface area contributed by atoms with Gasteiger partial charge in [0.15, 0.2) is 0 Å². The number of aryl methyl sites for hydroxylation is 1.